The van der Waals surface area contributed by atoms with Crippen molar-refractivity contribution < 1.29 is 0 Å². The SMILES string of the molecule is CC(C)CC=CP(Br)(c1ccccc1)(c1ccccc1)c1ccccc1. The zero-order chi connectivity index (χ0) is 18.5. The molecule has 0 heterocycles. The maximum atomic E-state index is 4.41. The van der Waals surface area contributed by atoms with Gasteiger partial charge in [0.05, 0.1) is 0 Å². The third-order valence-electron chi connectivity index (χ3n) is 4.78. The van der Waals surface area contributed by atoms with Crippen LogP contribution in [-0.2, 0) is 0 Å². The van der Waals surface area contributed by atoms with Crippen molar-refractivity contribution in [2.45, 2.75) is 20.3 Å². The molecule has 0 aromatic heterocycles. The molecule has 3 rings (SSSR count). The summed E-state index contributed by atoms with van der Waals surface area (Å²) in [4.78, 5) is 0. The van der Waals surface area contributed by atoms with E-state index in [0.29, 0.717) is 5.92 Å². The van der Waals surface area contributed by atoms with Crippen LogP contribution in [0.2, 0.25) is 0 Å². The molecule has 0 aliphatic rings. The number of hydrogen-bond acceptors (Lipinski definition) is 0. The number of hydrogen-bond donors (Lipinski definition) is 0. The number of benzene rings is 3. The van der Waals surface area contributed by atoms with Gasteiger partial charge in [0, 0.05) is 0 Å². The average molecular weight is 425 g/mol. The Morgan fingerprint density at radius 1 is 0.692 bits per heavy atom. The van der Waals surface area contributed by atoms with Crippen molar-refractivity contribution in [3.05, 3.63) is 103 Å². The molecule has 0 bridgehead atoms. The quantitative estimate of drug-likeness (QED) is 0.402. The summed E-state index contributed by atoms with van der Waals surface area (Å²) >= 11 is 4.41. The second kappa shape index (κ2) is 7.91. The first-order valence-electron chi connectivity index (χ1n) is 9.13. The fraction of sp³-hybridized carbons (Fsp3) is 0.167. The van der Waals surface area contributed by atoms with Crippen LogP contribution in [-0.4, -0.2) is 0 Å². The standard InChI is InChI=1S/C24H26BrP/c1-21(2)13-12-20-26(25,22-14-6-3-7-15-22,23-16-8-4-9-17-23)24-18-10-5-11-19-24/h3-12,14-21H,13H2,1-2H3. The summed E-state index contributed by atoms with van der Waals surface area (Å²) in [5.41, 5.74) is 0. The van der Waals surface area contributed by atoms with Crippen molar-refractivity contribution in [2.75, 3.05) is 0 Å². The molecule has 3 aromatic rings. The summed E-state index contributed by atoms with van der Waals surface area (Å²) in [6.07, 6.45) is 3.43. The summed E-state index contributed by atoms with van der Waals surface area (Å²) in [7, 11) is 0. The number of halogens is 1. The van der Waals surface area contributed by atoms with Crippen LogP contribution in [0.15, 0.2) is 103 Å². The summed E-state index contributed by atoms with van der Waals surface area (Å²) < 4.78 is 0. The van der Waals surface area contributed by atoms with Crippen LogP contribution in [0.4, 0.5) is 0 Å². The molecular formula is C24H26BrP. The predicted molar refractivity (Wildman–Crippen MR) is 123 cm³/mol. The fourth-order valence-corrected chi connectivity index (χ4v) is 10.2. The van der Waals surface area contributed by atoms with E-state index in [0.717, 1.165) is 6.42 Å². The second-order valence-corrected chi connectivity index (χ2v) is 15.5. The predicted octanol–water partition coefficient (Wildman–Crippen LogP) is 6.39. The first kappa shape index (κ1) is 19.1. The van der Waals surface area contributed by atoms with Crippen LogP contribution >= 0.6 is 20.8 Å². The molecule has 0 amide bonds. The molecule has 134 valence electrons. The van der Waals surface area contributed by atoms with E-state index in [2.05, 4.69) is 132 Å². The van der Waals surface area contributed by atoms with Gasteiger partial charge in [-0.25, -0.2) is 0 Å². The first-order valence-corrected chi connectivity index (χ1v) is 13.5. The van der Waals surface area contributed by atoms with Gasteiger partial charge in [0.2, 0.25) is 0 Å². The van der Waals surface area contributed by atoms with Crippen molar-refractivity contribution in [1.82, 2.24) is 0 Å². The Kier molecular flexibility index (Phi) is 5.80. The number of allylic oxidation sites excluding steroid dienone is 1. The first-order chi connectivity index (χ1) is 12.6. The van der Waals surface area contributed by atoms with Crippen LogP contribution in [0.25, 0.3) is 0 Å². The van der Waals surface area contributed by atoms with Crippen LogP contribution in [0.1, 0.15) is 20.3 Å². The Labute approximate surface area is 165 Å². The van der Waals surface area contributed by atoms with E-state index in [4.69, 9.17) is 0 Å². The minimum absolute atomic E-state index is 0.634. The molecular weight excluding hydrogens is 399 g/mol. The van der Waals surface area contributed by atoms with Gasteiger partial charge in [0.25, 0.3) is 0 Å². The van der Waals surface area contributed by atoms with E-state index < -0.39 is 5.31 Å². The Bertz CT molecular complexity index is 755. The second-order valence-electron chi connectivity index (χ2n) is 7.09. The Morgan fingerprint density at radius 3 is 1.35 bits per heavy atom. The molecule has 26 heavy (non-hydrogen) atoms. The monoisotopic (exact) mass is 424 g/mol. The molecule has 0 atom stereocenters. The average Bonchev–Trinajstić information content (AvgIpc) is 2.70. The summed E-state index contributed by atoms with van der Waals surface area (Å²) in [6, 6.07) is 32.6. The van der Waals surface area contributed by atoms with E-state index in [9.17, 15) is 0 Å². The normalized spacial score (nSPS) is 13.6. The van der Waals surface area contributed by atoms with Crippen LogP contribution in [0, 0.1) is 5.92 Å². The van der Waals surface area contributed by atoms with E-state index in [1.807, 2.05) is 0 Å². The molecule has 0 N–H and O–H groups in total. The molecule has 0 saturated heterocycles. The third kappa shape index (κ3) is 3.43. The molecule has 3 aromatic carbocycles. The Balaban J connectivity index is 2.37. The van der Waals surface area contributed by atoms with Crippen LogP contribution in [0.3, 0.4) is 0 Å². The molecule has 2 heteroatoms. The molecule has 0 aliphatic heterocycles. The Hall–Kier alpha value is -1.69. The van der Waals surface area contributed by atoms with E-state index in [-0.39, 0.29) is 0 Å². The molecule has 0 radical (unpaired) electrons. The molecule has 0 nitrogen and oxygen atoms in total. The number of rotatable bonds is 6. The third-order valence-corrected chi connectivity index (χ3v) is 13.9. The van der Waals surface area contributed by atoms with Gasteiger partial charge in [0.15, 0.2) is 0 Å². The maximum absolute atomic E-state index is 4.41. The van der Waals surface area contributed by atoms with E-state index >= 15 is 0 Å². The van der Waals surface area contributed by atoms with Crippen molar-refractivity contribution in [1.29, 1.82) is 0 Å². The van der Waals surface area contributed by atoms with Gasteiger partial charge in [-0.2, -0.15) is 0 Å². The summed E-state index contributed by atoms with van der Waals surface area (Å²) in [5.74, 6) is 3.10. The van der Waals surface area contributed by atoms with E-state index in [1.54, 1.807) is 0 Å². The molecule has 0 fully saturated rings. The molecule has 0 spiro atoms. The van der Waals surface area contributed by atoms with Gasteiger partial charge in [0.1, 0.15) is 0 Å². The zero-order valence-electron chi connectivity index (χ0n) is 15.4. The van der Waals surface area contributed by atoms with Gasteiger partial charge in [-0.15, -0.1) is 0 Å². The minimum atomic E-state index is -2.87. The molecule has 0 aliphatic carbocycles. The summed E-state index contributed by atoms with van der Waals surface area (Å²) in [6.45, 7) is 4.53. The zero-order valence-corrected chi connectivity index (χ0v) is 17.9. The molecule has 0 unspecified atom stereocenters. The van der Waals surface area contributed by atoms with Gasteiger partial charge in [-0.05, 0) is 0 Å². The van der Waals surface area contributed by atoms with Gasteiger partial charge in [-0.3, -0.25) is 0 Å². The van der Waals surface area contributed by atoms with Gasteiger partial charge in [-0.1, -0.05) is 0 Å². The van der Waals surface area contributed by atoms with E-state index in [1.165, 1.54) is 15.9 Å². The van der Waals surface area contributed by atoms with Crippen molar-refractivity contribution >= 4 is 36.7 Å². The fourth-order valence-electron chi connectivity index (χ4n) is 3.39. The van der Waals surface area contributed by atoms with Crippen LogP contribution in [0.5, 0.6) is 0 Å². The topological polar surface area (TPSA) is 0 Å². The van der Waals surface area contributed by atoms with Crippen LogP contribution < -0.4 is 15.9 Å². The Morgan fingerprint density at radius 2 is 1.04 bits per heavy atom. The molecule has 0 saturated carbocycles. The van der Waals surface area contributed by atoms with Gasteiger partial charge < -0.3 is 0 Å². The van der Waals surface area contributed by atoms with Crippen molar-refractivity contribution in [2.24, 2.45) is 5.92 Å². The summed E-state index contributed by atoms with van der Waals surface area (Å²) in [5, 5.41) is 1.12. The van der Waals surface area contributed by atoms with Crippen molar-refractivity contribution in [3.63, 3.8) is 0 Å². The van der Waals surface area contributed by atoms with Crippen molar-refractivity contribution in [3.8, 4) is 0 Å². The van der Waals surface area contributed by atoms with Gasteiger partial charge >= 0.3 is 166 Å².